The fraction of sp³-hybridized carbons (Fsp3) is 0.381. The van der Waals surface area contributed by atoms with E-state index < -0.39 is 14.4 Å². The average molecular weight is 369 g/mol. The number of hydrogen-bond donors (Lipinski definition) is 0. The predicted molar refractivity (Wildman–Crippen MR) is 107 cm³/mol. The van der Waals surface area contributed by atoms with Crippen LogP contribution in [0.1, 0.15) is 18.1 Å². The van der Waals surface area contributed by atoms with Gasteiger partial charge in [0, 0.05) is 6.54 Å². The Kier molecular flexibility index (Phi) is 7.55. The quantitative estimate of drug-likeness (QED) is 0.473. The molecule has 0 spiro atoms. The normalized spacial score (nSPS) is 14.0. The zero-order valence-electron chi connectivity index (χ0n) is 16.1. The molecule has 0 aliphatic carbocycles. The van der Waals surface area contributed by atoms with Gasteiger partial charge in [-0.25, -0.2) is 0 Å². The van der Waals surface area contributed by atoms with Gasteiger partial charge in [-0.3, -0.25) is 0 Å². The number of hydroxylamine groups is 2. The van der Waals surface area contributed by atoms with E-state index in [1.807, 2.05) is 67.6 Å². The lowest BCUT2D eigenvalue weighted by molar-refractivity contribution is -0.136. The number of nitrogens with zero attached hydrogens (tertiary/aromatic N) is 2. The molecule has 0 unspecified atom stereocenters. The molecule has 0 saturated carbocycles. The van der Waals surface area contributed by atoms with Gasteiger partial charge >= 0.3 is 0 Å². The Labute approximate surface area is 158 Å². The van der Waals surface area contributed by atoms with Gasteiger partial charge in [0.15, 0.2) is 0 Å². The standard InChI is InChI=1S/C21H28N2O2Si/c1-18(24-17-20-13-9-6-10-14-20)21(15-22)23(25-26(2,3)4)16-19-11-7-5-8-12-19/h5-14,18,21H,16-17H2,1-4H3/t18-,21-/m0/s1. The third-order valence-electron chi connectivity index (χ3n) is 3.82. The molecule has 0 fully saturated rings. The second-order valence-electron chi connectivity index (χ2n) is 7.34. The summed E-state index contributed by atoms with van der Waals surface area (Å²) < 4.78 is 12.2. The molecule has 26 heavy (non-hydrogen) atoms. The van der Waals surface area contributed by atoms with E-state index in [1.165, 1.54) is 0 Å². The topological polar surface area (TPSA) is 45.5 Å². The number of benzene rings is 2. The number of ether oxygens (including phenoxy) is 1. The van der Waals surface area contributed by atoms with Crippen molar-refractivity contribution in [1.29, 1.82) is 5.26 Å². The van der Waals surface area contributed by atoms with Gasteiger partial charge in [-0.05, 0) is 37.7 Å². The Morgan fingerprint density at radius 3 is 2.00 bits per heavy atom. The van der Waals surface area contributed by atoms with Gasteiger partial charge in [0.2, 0.25) is 8.32 Å². The first kappa shape index (κ1) is 20.3. The highest BCUT2D eigenvalue weighted by atomic mass is 28.4. The van der Waals surface area contributed by atoms with Gasteiger partial charge in [-0.15, -0.1) is 0 Å². The molecule has 2 aromatic rings. The Hall–Kier alpha value is -1.97. The molecule has 0 aliphatic rings. The van der Waals surface area contributed by atoms with Crippen molar-refractivity contribution >= 4 is 8.32 Å². The highest BCUT2D eigenvalue weighted by Gasteiger charge is 2.30. The number of rotatable bonds is 9. The monoisotopic (exact) mass is 368 g/mol. The van der Waals surface area contributed by atoms with Crippen molar-refractivity contribution in [3.8, 4) is 6.07 Å². The van der Waals surface area contributed by atoms with Crippen molar-refractivity contribution in [1.82, 2.24) is 5.06 Å². The van der Waals surface area contributed by atoms with Crippen molar-refractivity contribution in [3.05, 3.63) is 71.8 Å². The van der Waals surface area contributed by atoms with Crippen molar-refractivity contribution in [2.45, 2.75) is 51.9 Å². The van der Waals surface area contributed by atoms with Crippen molar-refractivity contribution < 1.29 is 9.26 Å². The van der Waals surface area contributed by atoms with Gasteiger partial charge in [0.1, 0.15) is 6.04 Å². The molecule has 0 amide bonds. The van der Waals surface area contributed by atoms with E-state index in [9.17, 15) is 5.26 Å². The lowest BCUT2D eigenvalue weighted by Crippen LogP contribution is -2.47. The van der Waals surface area contributed by atoms with Crippen LogP contribution in [0.3, 0.4) is 0 Å². The maximum atomic E-state index is 9.80. The van der Waals surface area contributed by atoms with Crippen LogP contribution in [0.4, 0.5) is 0 Å². The molecule has 4 nitrogen and oxygen atoms in total. The minimum atomic E-state index is -1.87. The molecule has 5 heteroatoms. The molecular formula is C21H28N2O2Si. The van der Waals surface area contributed by atoms with Gasteiger partial charge in [0.05, 0.1) is 18.8 Å². The van der Waals surface area contributed by atoms with E-state index in [-0.39, 0.29) is 6.10 Å². The molecule has 0 N–H and O–H groups in total. The van der Waals surface area contributed by atoms with Crippen LogP contribution in [-0.2, 0) is 22.4 Å². The minimum Gasteiger partial charge on any atom is -0.371 e. The Morgan fingerprint density at radius 1 is 0.962 bits per heavy atom. The number of nitriles is 1. The first-order valence-corrected chi connectivity index (χ1v) is 12.3. The first-order chi connectivity index (χ1) is 12.4. The molecule has 0 radical (unpaired) electrons. The highest BCUT2D eigenvalue weighted by Crippen LogP contribution is 2.18. The Balaban J connectivity index is 2.09. The van der Waals surface area contributed by atoms with Gasteiger partial charge < -0.3 is 9.26 Å². The van der Waals surface area contributed by atoms with Crippen LogP contribution < -0.4 is 0 Å². The van der Waals surface area contributed by atoms with Gasteiger partial charge in [-0.1, -0.05) is 60.7 Å². The summed E-state index contributed by atoms with van der Waals surface area (Å²) in [4.78, 5) is 0. The predicted octanol–water partition coefficient (Wildman–Crippen LogP) is 4.75. The molecule has 2 aromatic carbocycles. The van der Waals surface area contributed by atoms with E-state index in [2.05, 4.69) is 25.7 Å². The van der Waals surface area contributed by atoms with E-state index in [0.29, 0.717) is 13.2 Å². The minimum absolute atomic E-state index is 0.278. The summed E-state index contributed by atoms with van der Waals surface area (Å²) in [5.41, 5.74) is 2.21. The molecule has 0 aliphatic heterocycles. The summed E-state index contributed by atoms with van der Waals surface area (Å²) in [6, 6.07) is 22.0. The second kappa shape index (κ2) is 9.65. The highest BCUT2D eigenvalue weighted by molar-refractivity contribution is 6.69. The largest absolute Gasteiger partial charge is 0.371 e. The van der Waals surface area contributed by atoms with Crippen molar-refractivity contribution in [3.63, 3.8) is 0 Å². The van der Waals surface area contributed by atoms with E-state index in [0.717, 1.165) is 11.1 Å². The number of hydrogen-bond acceptors (Lipinski definition) is 4. The van der Waals surface area contributed by atoms with E-state index >= 15 is 0 Å². The summed E-state index contributed by atoms with van der Waals surface area (Å²) >= 11 is 0. The molecule has 2 atom stereocenters. The van der Waals surface area contributed by atoms with Crippen LogP contribution in [0.5, 0.6) is 0 Å². The van der Waals surface area contributed by atoms with Crippen molar-refractivity contribution in [2.75, 3.05) is 0 Å². The second-order valence-corrected chi connectivity index (χ2v) is 11.7. The summed E-state index contributed by atoms with van der Waals surface area (Å²) in [5, 5.41) is 11.6. The van der Waals surface area contributed by atoms with E-state index in [4.69, 9.17) is 9.26 Å². The lowest BCUT2D eigenvalue weighted by Gasteiger charge is -2.35. The summed E-state index contributed by atoms with van der Waals surface area (Å²) in [7, 11) is -1.87. The first-order valence-electron chi connectivity index (χ1n) is 8.94. The van der Waals surface area contributed by atoms with Crippen LogP contribution in [-0.4, -0.2) is 25.5 Å². The summed E-state index contributed by atoms with van der Waals surface area (Å²) in [6.07, 6.45) is -0.278. The Morgan fingerprint density at radius 2 is 1.50 bits per heavy atom. The zero-order valence-corrected chi connectivity index (χ0v) is 17.1. The summed E-state index contributed by atoms with van der Waals surface area (Å²) in [5.74, 6) is 0. The van der Waals surface area contributed by atoms with Crippen LogP contribution in [0.2, 0.25) is 19.6 Å². The summed E-state index contributed by atoms with van der Waals surface area (Å²) in [6.45, 7) is 9.33. The molecule has 0 heterocycles. The van der Waals surface area contributed by atoms with Crippen LogP contribution in [0.25, 0.3) is 0 Å². The van der Waals surface area contributed by atoms with Crippen LogP contribution in [0, 0.1) is 11.3 Å². The Bertz CT molecular complexity index is 695. The third-order valence-corrected chi connectivity index (χ3v) is 4.60. The van der Waals surface area contributed by atoms with Crippen LogP contribution in [0.15, 0.2) is 60.7 Å². The third kappa shape index (κ3) is 6.73. The maximum absolute atomic E-state index is 9.80. The molecule has 2 rings (SSSR count). The van der Waals surface area contributed by atoms with Crippen LogP contribution >= 0.6 is 0 Å². The smallest absolute Gasteiger partial charge is 0.212 e. The van der Waals surface area contributed by atoms with E-state index in [1.54, 1.807) is 5.06 Å². The molecule has 0 aromatic heterocycles. The zero-order chi connectivity index (χ0) is 19.0. The SMILES string of the molecule is C[C@H](OCc1ccccc1)[C@H](C#N)N(Cc1ccccc1)O[Si](C)(C)C. The average Bonchev–Trinajstić information content (AvgIpc) is 2.61. The van der Waals surface area contributed by atoms with Crippen molar-refractivity contribution in [2.24, 2.45) is 0 Å². The fourth-order valence-corrected chi connectivity index (χ4v) is 3.48. The molecule has 138 valence electrons. The fourth-order valence-electron chi connectivity index (χ4n) is 2.60. The molecule has 0 bridgehead atoms. The maximum Gasteiger partial charge on any atom is 0.212 e. The lowest BCUT2D eigenvalue weighted by atomic mass is 10.1. The molecule has 0 saturated heterocycles. The van der Waals surface area contributed by atoms with Gasteiger partial charge in [0.25, 0.3) is 0 Å². The van der Waals surface area contributed by atoms with Gasteiger partial charge in [-0.2, -0.15) is 10.3 Å². The molecular weight excluding hydrogens is 340 g/mol.